The van der Waals surface area contributed by atoms with Crippen molar-refractivity contribution in [2.24, 2.45) is 0 Å². The molecule has 0 saturated carbocycles. The minimum absolute atomic E-state index is 0. The van der Waals surface area contributed by atoms with Crippen LogP contribution in [0.5, 0.6) is 0 Å². The first-order valence-corrected chi connectivity index (χ1v) is 3.28. The normalized spacial score (nSPS) is 9.22. The predicted molar refractivity (Wildman–Crippen MR) is 32.8 cm³/mol. The monoisotopic (exact) mass is 212 g/mol. The molecule has 44 valence electrons. The fourth-order valence-electron chi connectivity index (χ4n) is 0.385. The van der Waals surface area contributed by atoms with E-state index in [9.17, 15) is 0 Å². The number of rotatable bonds is 1. The molecule has 0 aliphatic carbocycles. The third kappa shape index (κ3) is 3.32. The molecule has 0 aromatic carbocycles. The van der Waals surface area contributed by atoms with Gasteiger partial charge in [-0.1, -0.05) is 13.8 Å². The standard InChI is InChI=1S/C5H7N2S.Rb/c1-4(2)5-3-8-7-6-5;/h4H,1-2H3;/q-1;+1. The molecule has 2 nitrogen and oxygen atoms in total. The van der Waals surface area contributed by atoms with Crippen molar-refractivity contribution in [1.82, 2.24) is 9.59 Å². The molecule has 0 aliphatic heterocycles. The molecule has 0 amide bonds. The third-order valence-corrected chi connectivity index (χ3v) is 1.35. The van der Waals surface area contributed by atoms with Crippen molar-refractivity contribution < 1.29 is 58.2 Å². The number of hydrogen-bond acceptors (Lipinski definition) is 3. The van der Waals surface area contributed by atoms with Crippen LogP contribution in [0.2, 0.25) is 0 Å². The summed E-state index contributed by atoms with van der Waals surface area (Å²) in [5.74, 6) is 0.466. The van der Waals surface area contributed by atoms with Gasteiger partial charge in [0.1, 0.15) is 0 Å². The van der Waals surface area contributed by atoms with E-state index in [0.717, 1.165) is 5.69 Å². The molecule has 0 spiro atoms. The van der Waals surface area contributed by atoms with Gasteiger partial charge in [-0.25, -0.2) is 11.5 Å². The Kier molecular flexibility index (Phi) is 5.84. The smallest absolute Gasteiger partial charge is 0.362 e. The molecule has 0 saturated heterocycles. The first-order chi connectivity index (χ1) is 3.80. The van der Waals surface area contributed by atoms with Gasteiger partial charge in [-0.05, 0) is 5.92 Å². The molecule has 4 heteroatoms. The van der Waals surface area contributed by atoms with Crippen molar-refractivity contribution in [1.29, 1.82) is 0 Å². The van der Waals surface area contributed by atoms with E-state index < -0.39 is 0 Å². The van der Waals surface area contributed by atoms with Gasteiger partial charge in [0.2, 0.25) is 0 Å². The molecule has 0 bridgehead atoms. The number of nitrogens with zero attached hydrogens (tertiary/aromatic N) is 2. The Bertz CT molecular complexity index is 150. The van der Waals surface area contributed by atoms with Crippen LogP contribution in [0.1, 0.15) is 25.5 Å². The van der Waals surface area contributed by atoms with E-state index in [4.69, 9.17) is 0 Å². The van der Waals surface area contributed by atoms with E-state index in [2.05, 4.69) is 28.8 Å². The van der Waals surface area contributed by atoms with Crippen molar-refractivity contribution in [3.63, 3.8) is 0 Å². The Morgan fingerprint density at radius 2 is 2.22 bits per heavy atom. The molecular weight excluding hydrogens is 206 g/mol. The SMILES string of the molecule is CC(C)c1[c-]snn1.[Rb+]. The van der Waals surface area contributed by atoms with Crippen molar-refractivity contribution in [2.75, 3.05) is 0 Å². The molecule has 1 aromatic heterocycles. The Morgan fingerprint density at radius 1 is 1.56 bits per heavy atom. The molecule has 9 heavy (non-hydrogen) atoms. The number of aromatic nitrogens is 2. The van der Waals surface area contributed by atoms with Crippen molar-refractivity contribution in [3.05, 3.63) is 11.1 Å². The molecule has 0 unspecified atom stereocenters. The van der Waals surface area contributed by atoms with Crippen LogP contribution in [0, 0.1) is 5.38 Å². The summed E-state index contributed by atoms with van der Waals surface area (Å²) in [4.78, 5) is 0. The zero-order chi connectivity index (χ0) is 5.98. The van der Waals surface area contributed by atoms with Crippen molar-refractivity contribution >= 4 is 11.5 Å². The van der Waals surface area contributed by atoms with Gasteiger partial charge in [0, 0.05) is 0 Å². The van der Waals surface area contributed by atoms with Crippen LogP contribution in [0.3, 0.4) is 0 Å². The average molecular weight is 213 g/mol. The fourth-order valence-corrected chi connectivity index (χ4v) is 0.925. The second kappa shape index (κ2) is 5.07. The summed E-state index contributed by atoms with van der Waals surface area (Å²) in [6.45, 7) is 4.15. The summed E-state index contributed by atoms with van der Waals surface area (Å²) in [6.07, 6.45) is 0. The van der Waals surface area contributed by atoms with Gasteiger partial charge in [0.15, 0.2) is 0 Å². The van der Waals surface area contributed by atoms with E-state index >= 15 is 0 Å². The van der Waals surface area contributed by atoms with Gasteiger partial charge in [0.25, 0.3) is 0 Å². The van der Waals surface area contributed by atoms with Gasteiger partial charge in [-0.3, -0.25) is 0 Å². The summed E-state index contributed by atoms with van der Waals surface area (Å²) in [6, 6.07) is 0. The van der Waals surface area contributed by atoms with Crippen LogP contribution >= 0.6 is 11.5 Å². The summed E-state index contributed by atoms with van der Waals surface area (Å²) < 4.78 is 3.68. The van der Waals surface area contributed by atoms with Crippen molar-refractivity contribution in [3.8, 4) is 0 Å². The van der Waals surface area contributed by atoms with Crippen LogP contribution < -0.4 is 58.2 Å². The van der Waals surface area contributed by atoms with Crippen LogP contribution in [-0.2, 0) is 0 Å². The summed E-state index contributed by atoms with van der Waals surface area (Å²) in [5, 5.41) is 6.78. The van der Waals surface area contributed by atoms with Gasteiger partial charge in [-0.15, -0.1) is 10.2 Å². The Hall–Kier alpha value is 1.37. The van der Waals surface area contributed by atoms with E-state index in [-0.39, 0.29) is 58.2 Å². The largest absolute Gasteiger partial charge is 1.00 e. The second-order valence-electron chi connectivity index (χ2n) is 1.91. The van der Waals surface area contributed by atoms with Gasteiger partial charge in [0.05, 0.1) is 0 Å². The maximum atomic E-state index is 3.83. The molecule has 1 aromatic rings. The second-order valence-corrected chi connectivity index (χ2v) is 2.46. The molecular formula is C5H7N2RbS. The van der Waals surface area contributed by atoms with E-state index in [1.807, 2.05) is 0 Å². The first-order valence-electron chi connectivity index (χ1n) is 2.50. The summed E-state index contributed by atoms with van der Waals surface area (Å²) >= 11 is 1.28. The predicted octanol–water partition coefficient (Wildman–Crippen LogP) is -1.53. The van der Waals surface area contributed by atoms with Crippen molar-refractivity contribution in [2.45, 2.75) is 19.8 Å². The van der Waals surface area contributed by atoms with Crippen LogP contribution in [-0.4, -0.2) is 9.59 Å². The van der Waals surface area contributed by atoms with Gasteiger partial charge in [-0.2, -0.15) is 5.10 Å². The molecule has 0 radical (unpaired) electrons. The van der Waals surface area contributed by atoms with Crippen LogP contribution in [0.4, 0.5) is 0 Å². The topological polar surface area (TPSA) is 25.8 Å². The summed E-state index contributed by atoms with van der Waals surface area (Å²) in [5.41, 5.74) is 0.968. The molecule has 0 atom stereocenters. The minimum atomic E-state index is 0. The van der Waals surface area contributed by atoms with Gasteiger partial charge >= 0.3 is 58.2 Å². The Balaban J connectivity index is 0.000000640. The van der Waals surface area contributed by atoms with E-state index in [1.165, 1.54) is 11.5 Å². The molecule has 1 rings (SSSR count). The molecule has 1 heterocycles. The molecule has 0 fully saturated rings. The maximum absolute atomic E-state index is 3.83. The van der Waals surface area contributed by atoms with Crippen LogP contribution in [0.15, 0.2) is 0 Å². The summed E-state index contributed by atoms with van der Waals surface area (Å²) in [7, 11) is 0. The minimum Gasteiger partial charge on any atom is -0.362 e. The van der Waals surface area contributed by atoms with Crippen LogP contribution in [0.25, 0.3) is 0 Å². The average Bonchev–Trinajstić information content (AvgIpc) is 2.12. The van der Waals surface area contributed by atoms with E-state index in [1.54, 1.807) is 0 Å². The fraction of sp³-hybridized carbons (Fsp3) is 0.600. The third-order valence-electron chi connectivity index (χ3n) is 0.886. The Labute approximate surface area is 108 Å². The maximum Gasteiger partial charge on any atom is 1.00 e. The first kappa shape index (κ1) is 10.4. The van der Waals surface area contributed by atoms with E-state index in [0.29, 0.717) is 5.92 Å². The quantitative estimate of drug-likeness (QED) is 0.528. The Morgan fingerprint density at radius 3 is 2.44 bits per heavy atom. The molecule has 0 N–H and O–H groups in total. The number of hydrogen-bond donors (Lipinski definition) is 0. The molecule has 0 aliphatic rings. The van der Waals surface area contributed by atoms with Gasteiger partial charge < -0.3 is 5.38 Å². The zero-order valence-corrected chi connectivity index (χ0v) is 11.6. The zero-order valence-electron chi connectivity index (χ0n) is 5.88.